The Morgan fingerprint density at radius 1 is 1.56 bits per heavy atom. The van der Waals surface area contributed by atoms with Gasteiger partial charge in [0.05, 0.1) is 28.9 Å². The highest BCUT2D eigenvalue weighted by atomic mass is 35.5. The van der Waals surface area contributed by atoms with Gasteiger partial charge in [0.1, 0.15) is 0 Å². The molecule has 0 aliphatic heterocycles. The second-order valence-corrected chi connectivity index (χ2v) is 3.92. The van der Waals surface area contributed by atoms with Crippen LogP contribution in [0.3, 0.4) is 0 Å². The SMILES string of the molecule is CCC(COC)Nc1ccc(C#N)cc1Cl. The van der Waals surface area contributed by atoms with E-state index in [1.54, 1.807) is 19.2 Å². The van der Waals surface area contributed by atoms with E-state index >= 15 is 0 Å². The molecule has 86 valence electrons. The average Bonchev–Trinajstić information content (AvgIpc) is 2.30. The number of ether oxygens (including phenoxy) is 1. The van der Waals surface area contributed by atoms with Crippen molar-refractivity contribution in [3.8, 4) is 6.07 Å². The summed E-state index contributed by atoms with van der Waals surface area (Å²) in [6.07, 6.45) is 0.949. The molecule has 1 aromatic rings. The van der Waals surface area contributed by atoms with Crippen molar-refractivity contribution in [3.05, 3.63) is 28.8 Å². The predicted molar refractivity (Wildman–Crippen MR) is 65.7 cm³/mol. The van der Waals surface area contributed by atoms with Crippen molar-refractivity contribution < 1.29 is 4.74 Å². The summed E-state index contributed by atoms with van der Waals surface area (Å²) >= 11 is 6.05. The van der Waals surface area contributed by atoms with Crippen LogP contribution in [-0.4, -0.2) is 19.8 Å². The fraction of sp³-hybridized carbons (Fsp3) is 0.417. The zero-order valence-electron chi connectivity index (χ0n) is 9.46. The molecule has 0 aliphatic rings. The van der Waals surface area contributed by atoms with Gasteiger partial charge in [-0.25, -0.2) is 0 Å². The zero-order valence-corrected chi connectivity index (χ0v) is 10.2. The minimum atomic E-state index is 0.232. The van der Waals surface area contributed by atoms with Gasteiger partial charge in [-0.1, -0.05) is 18.5 Å². The summed E-state index contributed by atoms with van der Waals surface area (Å²) in [6, 6.07) is 7.50. The Morgan fingerprint density at radius 3 is 2.81 bits per heavy atom. The lowest BCUT2D eigenvalue weighted by molar-refractivity contribution is 0.184. The van der Waals surface area contributed by atoms with E-state index < -0.39 is 0 Å². The van der Waals surface area contributed by atoms with Crippen molar-refractivity contribution in [1.82, 2.24) is 0 Å². The van der Waals surface area contributed by atoms with Gasteiger partial charge in [0.2, 0.25) is 0 Å². The van der Waals surface area contributed by atoms with Gasteiger partial charge in [0.15, 0.2) is 0 Å². The molecule has 1 rings (SSSR count). The van der Waals surface area contributed by atoms with Crippen LogP contribution in [0.1, 0.15) is 18.9 Å². The van der Waals surface area contributed by atoms with Crippen LogP contribution in [0.25, 0.3) is 0 Å². The number of nitrogens with one attached hydrogen (secondary N) is 1. The fourth-order valence-electron chi connectivity index (χ4n) is 1.38. The summed E-state index contributed by atoms with van der Waals surface area (Å²) < 4.78 is 5.09. The molecule has 3 nitrogen and oxygen atoms in total. The minimum Gasteiger partial charge on any atom is -0.383 e. The van der Waals surface area contributed by atoms with Crippen LogP contribution >= 0.6 is 11.6 Å². The van der Waals surface area contributed by atoms with E-state index in [4.69, 9.17) is 21.6 Å². The summed E-state index contributed by atoms with van der Waals surface area (Å²) in [7, 11) is 1.67. The highest BCUT2D eigenvalue weighted by Crippen LogP contribution is 2.23. The Hall–Kier alpha value is -1.24. The Balaban J connectivity index is 2.77. The van der Waals surface area contributed by atoms with E-state index in [9.17, 15) is 0 Å². The molecule has 4 heteroatoms. The third kappa shape index (κ3) is 3.41. The van der Waals surface area contributed by atoms with Gasteiger partial charge in [0, 0.05) is 13.2 Å². The first-order valence-corrected chi connectivity index (χ1v) is 5.54. The van der Waals surface area contributed by atoms with E-state index in [1.165, 1.54) is 0 Å². The van der Waals surface area contributed by atoms with Gasteiger partial charge in [-0.15, -0.1) is 0 Å². The maximum atomic E-state index is 8.72. The summed E-state index contributed by atoms with van der Waals surface area (Å²) in [5.41, 5.74) is 1.40. The molecule has 1 aromatic carbocycles. The van der Waals surface area contributed by atoms with E-state index in [0.29, 0.717) is 17.2 Å². The molecular weight excluding hydrogens is 224 g/mol. The van der Waals surface area contributed by atoms with Crippen LogP contribution < -0.4 is 5.32 Å². The van der Waals surface area contributed by atoms with Crippen LogP contribution in [-0.2, 0) is 4.74 Å². The molecule has 0 aliphatic carbocycles. The number of nitriles is 1. The number of nitrogens with zero attached hydrogens (tertiary/aromatic N) is 1. The number of benzene rings is 1. The van der Waals surface area contributed by atoms with E-state index in [1.807, 2.05) is 6.07 Å². The first kappa shape index (κ1) is 12.8. The molecule has 0 fully saturated rings. The molecule has 0 bridgehead atoms. The van der Waals surface area contributed by atoms with Gasteiger partial charge < -0.3 is 10.1 Å². The molecule has 1 unspecified atom stereocenters. The van der Waals surface area contributed by atoms with Gasteiger partial charge >= 0.3 is 0 Å². The Bertz CT molecular complexity index is 387. The fourth-order valence-corrected chi connectivity index (χ4v) is 1.62. The number of hydrogen-bond acceptors (Lipinski definition) is 3. The van der Waals surface area contributed by atoms with Crippen molar-refractivity contribution in [2.45, 2.75) is 19.4 Å². The number of halogens is 1. The van der Waals surface area contributed by atoms with E-state index in [-0.39, 0.29) is 6.04 Å². The van der Waals surface area contributed by atoms with Crippen LogP contribution in [0.2, 0.25) is 5.02 Å². The van der Waals surface area contributed by atoms with Crippen molar-refractivity contribution in [3.63, 3.8) is 0 Å². The molecule has 0 radical (unpaired) electrons. The average molecular weight is 239 g/mol. The second kappa shape index (κ2) is 6.37. The topological polar surface area (TPSA) is 45.0 Å². The monoisotopic (exact) mass is 238 g/mol. The van der Waals surface area contributed by atoms with Crippen LogP contribution in [0.4, 0.5) is 5.69 Å². The highest BCUT2D eigenvalue weighted by Gasteiger charge is 2.08. The van der Waals surface area contributed by atoms with Crippen molar-refractivity contribution in [2.75, 3.05) is 19.0 Å². The van der Waals surface area contributed by atoms with E-state index in [0.717, 1.165) is 12.1 Å². The van der Waals surface area contributed by atoms with Gasteiger partial charge in [-0.2, -0.15) is 5.26 Å². The first-order valence-electron chi connectivity index (χ1n) is 5.16. The summed E-state index contributed by atoms with van der Waals surface area (Å²) in [4.78, 5) is 0. The lowest BCUT2D eigenvalue weighted by Gasteiger charge is -2.18. The Labute approximate surface area is 101 Å². The number of methoxy groups -OCH3 is 1. The molecule has 0 spiro atoms. The van der Waals surface area contributed by atoms with E-state index in [2.05, 4.69) is 18.3 Å². The smallest absolute Gasteiger partial charge is 0.0992 e. The molecule has 0 saturated carbocycles. The van der Waals surface area contributed by atoms with Crippen LogP contribution in [0.5, 0.6) is 0 Å². The molecule has 0 heterocycles. The third-order valence-corrected chi connectivity index (χ3v) is 2.63. The number of rotatable bonds is 5. The van der Waals surface area contributed by atoms with Crippen molar-refractivity contribution in [1.29, 1.82) is 5.26 Å². The maximum Gasteiger partial charge on any atom is 0.0992 e. The molecule has 1 N–H and O–H groups in total. The largest absolute Gasteiger partial charge is 0.383 e. The summed E-state index contributed by atoms with van der Waals surface area (Å²) in [5.74, 6) is 0. The number of anilines is 1. The van der Waals surface area contributed by atoms with Gasteiger partial charge in [-0.05, 0) is 24.6 Å². The summed E-state index contributed by atoms with van der Waals surface area (Å²) in [5, 5.41) is 12.6. The quantitative estimate of drug-likeness (QED) is 0.858. The number of hydrogen-bond donors (Lipinski definition) is 1. The molecule has 0 aromatic heterocycles. The van der Waals surface area contributed by atoms with Crippen LogP contribution in [0.15, 0.2) is 18.2 Å². The predicted octanol–water partition coefficient (Wildman–Crippen LogP) is 3.05. The minimum absolute atomic E-state index is 0.232. The normalized spacial score (nSPS) is 11.9. The van der Waals surface area contributed by atoms with Gasteiger partial charge in [0.25, 0.3) is 0 Å². The van der Waals surface area contributed by atoms with Crippen molar-refractivity contribution >= 4 is 17.3 Å². The van der Waals surface area contributed by atoms with Crippen molar-refractivity contribution in [2.24, 2.45) is 0 Å². The van der Waals surface area contributed by atoms with Gasteiger partial charge in [-0.3, -0.25) is 0 Å². The Morgan fingerprint density at radius 2 is 2.31 bits per heavy atom. The maximum absolute atomic E-state index is 8.72. The first-order chi connectivity index (χ1) is 7.71. The molecule has 0 saturated heterocycles. The van der Waals surface area contributed by atoms with Crippen LogP contribution in [0, 0.1) is 11.3 Å². The summed E-state index contributed by atoms with van der Waals surface area (Å²) in [6.45, 7) is 2.71. The second-order valence-electron chi connectivity index (χ2n) is 3.51. The molecule has 16 heavy (non-hydrogen) atoms. The molecule has 0 amide bonds. The zero-order chi connectivity index (χ0) is 12.0. The molecular formula is C12H15ClN2O. The standard InChI is InChI=1S/C12H15ClN2O/c1-3-10(8-16-2)15-12-5-4-9(7-14)6-11(12)13/h4-6,10,15H,3,8H2,1-2H3. The lowest BCUT2D eigenvalue weighted by Crippen LogP contribution is -2.24. The lowest BCUT2D eigenvalue weighted by atomic mass is 10.2. The Kier molecular flexibility index (Phi) is 5.10. The molecule has 1 atom stereocenters. The highest BCUT2D eigenvalue weighted by molar-refractivity contribution is 6.33. The third-order valence-electron chi connectivity index (χ3n) is 2.32.